The number of nitrogens with one attached hydrogen (secondary N) is 1. The van der Waals surface area contributed by atoms with Crippen LogP contribution in [0.3, 0.4) is 0 Å². The first kappa shape index (κ1) is 16.9. The summed E-state index contributed by atoms with van der Waals surface area (Å²) in [5, 5.41) is 2.90. The monoisotopic (exact) mass is 312 g/mol. The van der Waals surface area contributed by atoms with Crippen LogP contribution in [0.25, 0.3) is 0 Å². The highest BCUT2D eigenvalue weighted by Gasteiger charge is 2.11. The predicted molar refractivity (Wildman–Crippen MR) is 92.7 cm³/mol. The van der Waals surface area contributed by atoms with E-state index < -0.39 is 0 Å². The number of carbonyl (C=O) groups is 1. The summed E-state index contributed by atoms with van der Waals surface area (Å²) < 4.78 is 0. The molecule has 2 aromatic heterocycles. The molecule has 0 aromatic carbocycles. The number of hydrogen-bond donors (Lipinski definition) is 1. The zero-order valence-electron chi connectivity index (χ0n) is 14.0. The van der Waals surface area contributed by atoms with Gasteiger partial charge in [0, 0.05) is 43.6 Å². The summed E-state index contributed by atoms with van der Waals surface area (Å²) in [7, 11) is 0. The number of aromatic nitrogens is 2. The van der Waals surface area contributed by atoms with Crippen molar-refractivity contribution in [2.24, 2.45) is 0 Å². The second-order valence-electron chi connectivity index (χ2n) is 5.61. The van der Waals surface area contributed by atoms with E-state index in [1.54, 1.807) is 12.4 Å². The minimum absolute atomic E-state index is 0.104. The van der Waals surface area contributed by atoms with E-state index in [-0.39, 0.29) is 5.91 Å². The van der Waals surface area contributed by atoms with Crippen molar-refractivity contribution in [3.05, 3.63) is 54.0 Å². The van der Waals surface area contributed by atoms with E-state index >= 15 is 0 Å². The first-order chi connectivity index (χ1) is 11.1. The van der Waals surface area contributed by atoms with Crippen molar-refractivity contribution < 1.29 is 4.79 Å². The van der Waals surface area contributed by atoms with Crippen molar-refractivity contribution in [3.8, 4) is 0 Å². The van der Waals surface area contributed by atoms with E-state index in [0.717, 1.165) is 24.5 Å². The molecule has 0 saturated heterocycles. The van der Waals surface area contributed by atoms with Gasteiger partial charge in [0.1, 0.15) is 5.82 Å². The third-order valence-electron chi connectivity index (χ3n) is 3.66. The van der Waals surface area contributed by atoms with E-state index in [9.17, 15) is 4.79 Å². The zero-order valence-corrected chi connectivity index (χ0v) is 14.0. The van der Waals surface area contributed by atoms with E-state index in [2.05, 4.69) is 41.0 Å². The summed E-state index contributed by atoms with van der Waals surface area (Å²) in [6, 6.07) is 9.88. The van der Waals surface area contributed by atoms with Crippen LogP contribution in [-0.2, 0) is 6.42 Å². The molecule has 2 rings (SSSR count). The number of carbonyl (C=O) groups excluding carboxylic acids is 1. The molecule has 0 unspecified atom stereocenters. The maximum atomic E-state index is 12.1. The number of anilines is 1. The molecule has 0 aliphatic heterocycles. The normalized spacial score (nSPS) is 10.6. The Labute approximate surface area is 137 Å². The maximum absolute atomic E-state index is 12.1. The van der Waals surface area contributed by atoms with Crippen molar-refractivity contribution in [1.82, 2.24) is 15.3 Å². The largest absolute Gasteiger partial charge is 0.354 e. The van der Waals surface area contributed by atoms with Gasteiger partial charge in [-0.25, -0.2) is 4.98 Å². The minimum atomic E-state index is -0.104. The molecule has 2 aromatic rings. The summed E-state index contributed by atoms with van der Waals surface area (Å²) in [5.41, 5.74) is 1.55. The Bertz CT molecular complexity index is 611. The highest BCUT2D eigenvalue weighted by atomic mass is 16.1. The molecule has 0 atom stereocenters. The van der Waals surface area contributed by atoms with Crippen molar-refractivity contribution in [1.29, 1.82) is 0 Å². The summed E-state index contributed by atoms with van der Waals surface area (Å²) in [5.74, 6) is 0.792. The predicted octanol–water partition coefficient (Wildman–Crippen LogP) is 2.68. The molecular weight excluding hydrogens is 288 g/mol. The third-order valence-corrected chi connectivity index (χ3v) is 3.66. The minimum Gasteiger partial charge on any atom is -0.354 e. The molecular formula is C18H24N4O. The summed E-state index contributed by atoms with van der Waals surface area (Å²) >= 11 is 0. The lowest BCUT2D eigenvalue weighted by Crippen LogP contribution is -2.31. The highest BCUT2D eigenvalue weighted by Crippen LogP contribution is 2.14. The molecule has 1 N–H and O–H groups in total. The Morgan fingerprint density at radius 1 is 1.22 bits per heavy atom. The van der Waals surface area contributed by atoms with Crippen LogP contribution in [0.2, 0.25) is 0 Å². The maximum Gasteiger partial charge on any atom is 0.252 e. The van der Waals surface area contributed by atoms with Crippen LogP contribution in [-0.4, -0.2) is 35.0 Å². The van der Waals surface area contributed by atoms with Crippen molar-refractivity contribution >= 4 is 11.7 Å². The number of hydrogen-bond acceptors (Lipinski definition) is 4. The molecule has 0 radical (unpaired) electrons. The summed E-state index contributed by atoms with van der Waals surface area (Å²) in [6.07, 6.45) is 4.11. The average molecular weight is 312 g/mol. The highest BCUT2D eigenvalue weighted by molar-refractivity contribution is 5.94. The molecule has 0 bridgehead atoms. The van der Waals surface area contributed by atoms with Crippen molar-refractivity contribution in [3.63, 3.8) is 0 Å². The number of amides is 1. The average Bonchev–Trinajstić information content (AvgIpc) is 2.56. The van der Waals surface area contributed by atoms with Crippen LogP contribution in [0.5, 0.6) is 0 Å². The smallest absolute Gasteiger partial charge is 0.252 e. The molecule has 0 saturated carbocycles. The number of pyridine rings is 2. The Morgan fingerprint density at radius 3 is 2.61 bits per heavy atom. The SMILES string of the molecule is CCN(c1ccc(C(=O)NCCc2ccccn2)cn1)C(C)C. The zero-order chi connectivity index (χ0) is 16.7. The quantitative estimate of drug-likeness (QED) is 0.854. The lowest BCUT2D eigenvalue weighted by atomic mass is 10.2. The van der Waals surface area contributed by atoms with Crippen LogP contribution >= 0.6 is 0 Å². The van der Waals surface area contributed by atoms with Gasteiger partial charge >= 0.3 is 0 Å². The van der Waals surface area contributed by atoms with Crippen LogP contribution in [0.15, 0.2) is 42.7 Å². The third kappa shape index (κ3) is 4.77. The fraction of sp³-hybridized carbons (Fsp3) is 0.389. The first-order valence-electron chi connectivity index (χ1n) is 8.02. The number of rotatable bonds is 7. The van der Waals surface area contributed by atoms with Gasteiger partial charge in [-0.1, -0.05) is 6.07 Å². The van der Waals surface area contributed by atoms with Gasteiger partial charge in [0.15, 0.2) is 0 Å². The lowest BCUT2D eigenvalue weighted by Gasteiger charge is -2.26. The van der Waals surface area contributed by atoms with Crippen LogP contribution < -0.4 is 10.2 Å². The van der Waals surface area contributed by atoms with E-state index in [1.807, 2.05) is 30.3 Å². The Kier molecular flexibility index (Phi) is 6.09. The second kappa shape index (κ2) is 8.27. The van der Waals surface area contributed by atoms with Crippen molar-refractivity contribution in [2.75, 3.05) is 18.0 Å². The van der Waals surface area contributed by atoms with Gasteiger partial charge < -0.3 is 10.2 Å². The molecule has 122 valence electrons. The lowest BCUT2D eigenvalue weighted by molar-refractivity contribution is 0.0953. The molecule has 0 aliphatic rings. The van der Waals surface area contributed by atoms with Crippen LogP contribution in [0.4, 0.5) is 5.82 Å². The molecule has 5 heteroatoms. The molecule has 23 heavy (non-hydrogen) atoms. The van der Waals surface area contributed by atoms with Crippen molar-refractivity contribution in [2.45, 2.75) is 33.2 Å². The first-order valence-corrected chi connectivity index (χ1v) is 8.02. The van der Waals surface area contributed by atoms with E-state index in [4.69, 9.17) is 0 Å². The van der Waals surface area contributed by atoms with Gasteiger partial charge in [-0.2, -0.15) is 0 Å². The van der Waals surface area contributed by atoms with Gasteiger partial charge in [-0.15, -0.1) is 0 Å². The van der Waals surface area contributed by atoms with Gasteiger partial charge in [0.05, 0.1) is 5.56 Å². The molecule has 0 fully saturated rings. The molecule has 2 heterocycles. The van der Waals surface area contributed by atoms with Gasteiger partial charge in [-0.3, -0.25) is 9.78 Å². The van der Waals surface area contributed by atoms with E-state index in [0.29, 0.717) is 18.2 Å². The topological polar surface area (TPSA) is 58.1 Å². The summed E-state index contributed by atoms with van der Waals surface area (Å²) in [6.45, 7) is 7.80. The van der Waals surface area contributed by atoms with Gasteiger partial charge in [0.2, 0.25) is 0 Å². The molecule has 5 nitrogen and oxygen atoms in total. The molecule has 0 aliphatic carbocycles. The fourth-order valence-corrected chi connectivity index (χ4v) is 2.43. The van der Waals surface area contributed by atoms with Gasteiger partial charge in [0.25, 0.3) is 5.91 Å². The van der Waals surface area contributed by atoms with Gasteiger partial charge in [-0.05, 0) is 45.0 Å². The number of nitrogens with zero attached hydrogens (tertiary/aromatic N) is 3. The Morgan fingerprint density at radius 2 is 2.04 bits per heavy atom. The summed E-state index contributed by atoms with van der Waals surface area (Å²) in [4.78, 5) is 23.0. The Balaban J connectivity index is 1.90. The van der Waals surface area contributed by atoms with Crippen LogP contribution in [0, 0.1) is 0 Å². The Hall–Kier alpha value is -2.43. The van der Waals surface area contributed by atoms with E-state index in [1.165, 1.54) is 0 Å². The second-order valence-corrected chi connectivity index (χ2v) is 5.61. The molecule has 1 amide bonds. The van der Waals surface area contributed by atoms with Crippen LogP contribution in [0.1, 0.15) is 36.8 Å². The fourth-order valence-electron chi connectivity index (χ4n) is 2.43. The molecule has 0 spiro atoms. The standard InChI is InChI=1S/C18H24N4O/c1-4-22(14(2)3)17-9-8-15(13-21-17)18(23)20-12-10-16-7-5-6-11-19-16/h5-9,11,13-14H,4,10,12H2,1-3H3,(H,20,23).